The smallest absolute Gasteiger partial charge is 0.291 e. The van der Waals surface area contributed by atoms with Gasteiger partial charge in [-0.3, -0.25) is 9.59 Å². The minimum atomic E-state index is -0.438. The van der Waals surface area contributed by atoms with Gasteiger partial charge in [0.1, 0.15) is 11.5 Å². The third kappa shape index (κ3) is 6.73. The van der Waals surface area contributed by atoms with Crippen LogP contribution in [0.15, 0.2) is 52.0 Å². The van der Waals surface area contributed by atoms with Crippen molar-refractivity contribution in [1.29, 1.82) is 0 Å². The largest absolute Gasteiger partial charge is 0.482 e. The minimum Gasteiger partial charge on any atom is -0.482 e. The summed E-state index contributed by atoms with van der Waals surface area (Å²) in [5.74, 6) is 0.547. The van der Waals surface area contributed by atoms with Crippen LogP contribution in [-0.4, -0.2) is 24.1 Å². The third-order valence-electron chi connectivity index (χ3n) is 6.13. The van der Waals surface area contributed by atoms with Gasteiger partial charge in [0.25, 0.3) is 11.8 Å². The van der Waals surface area contributed by atoms with E-state index in [1.807, 2.05) is 31.2 Å². The quantitative estimate of drug-likeness (QED) is 0.294. The molecule has 0 unspecified atom stereocenters. The average Bonchev–Trinajstić information content (AvgIpc) is 3.23. The fraction of sp³-hybridized carbons (Fsp3) is 0.321. The zero-order chi connectivity index (χ0) is 26.4. The van der Waals surface area contributed by atoms with Gasteiger partial charge in [-0.05, 0) is 68.5 Å². The molecule has 37 heavy (non-hydrogen) atoms. The molecule has 9 heteroatoms. The second-order valence-electron chi connectivity index (χ2n) is 8.92. The van der Waals surface area contributed by atoms with Crippen LogP contribution in [-0.2, 0) is 17.6 Å². The first-order valence-electron chi connectivity index (χ1n) is 12.3. The van der Waals surface area contributed by atoms with Crippen molar-refractivity contribution in [3.8, 4) is 5.75 Å². The highest BCUT2D eigenvalue weighted by molar-refractivity contribution is 6.35. The molecule has 2 amide bonds. The summed E-state index contributed by atoms with van der Waals surface area (Å²) < 4.78 is 11.4. The summed E-state index contributed by atoms with van der Waals surface area (Å²) in [6.07, 6.45) is 5.44. The van der Waals surface area contributed by atoms with Crippen molar-refractivity contribution in [3.05, 3.63) is 80.7 Å². The number of aryl methyl sites for hydroxylation is 2. The van der Waals surface area contributed by atoms with Crippen LogP contribution in [0.2, 0.25) is 10.0 Å². The number of nitrogens with one attached hydrogen (secondary N) is 2. The lowest BCUT2D eigenvalue weighted by Crippen LogP contribution is -2.27. The molecule has 0 radical (unpaired) electrons. The van der Waals surface area contributed by atoms with E-state index in [1.165, 1.54) is 11.6 Å². The SMILES string of the molecule is CCCCc1ccc(NC(=O)c2oc3c(c2C)/C(=N/NC(=O)COc2ccc(Cl)cc2Cl)CCC3)cc1. The van der Waals surface area contributed by atoms with E-state index in [0.29, 0.717) is 51.4 Å². The van der Waals surface area contributed by atoms with E-state index in [1.54, 1.807) is 12.1 Å². The van der Waals surface area contributed by atoms with Gasteiger partial charge in [0.15, 0.2) is 12.4 Å². The summed E-state index contributed by atoms with van der Waals surface area (Å²) in [6, 6.07) is 12.6. The summed E-state index contributed by atoms with van der Waals surface area (Å²) in [5, 5.41) is 8.03. The Balaban J connectivity index is 1.41. The molecule has 4 rings (SSSR count). The first-order chi connectivity index (χ1) is 17.9. The zero-order valence-corrected chi connectivity index (χ0v) is 22.3. The van der Waals surface area contributed by atoms with Crippen LogP contribution >= 0.6 is 23.2 Å². The van der Waals surface area contributed by atoms with Crippen molar-refractivity contribution in [2.75, 3.05) is 11.9 Å². The van der Waals surface area contributed by atoms with Gasteiger partial charge in [-0.1, -0.05) is 48.7 Å². The van der Waals surface area contributed by atoms with E-state index < -0.39 is 5.91 Å². The summed E-state index contributed by atoms with van der Waals surface area (Å²) in [5.41, 5.74) is 6.62. The molecule has 0 fully saturated rings. The lowest BCUT2D eigenvalue weighted by Gasteiger charge is -2.13. The maximum atomic E-state index is 13.0. The number of hydrazone groups is 1. The molecular formula is C28H29Cl2N3O4. The molecule has 7 nitrogen and oxygen atoms in total. The number of amides is 2. The predicted molar refractivity (Wildman–Crippen MR) is 146 cm³/mol. The number of unbranched alkanes of at least 4 members (excludes halogenated alkanes) is 1. The number of halogens is 2. The highest BCUT2D eigenvalue weighted by Crippen LogP contribution is 2.31. The fourth-order valence-electron chi connectivity index (χ4n) is 4.22. The predicted octanol–water partition coefficient (Wildman–Crippen LogP) is 6.73. The lowest BCUT2D eigenvalue weighted by molar-refractivity contribution is -0.123. The van der Waals surface area contributed by atoms with Crippen molar-refractivity contribution in [2.24, 2.45) is 5.10 Å². The molecule has 0 spiro atoms. The summed E-state index contributed by atoms with van der Waals surface area (Å²) in [6.45, 7) is 3.73. The number of rotatable bonds is 9. The van der Waals surface area contributed by atoms with Crippen molar-refractivity contribution in [1.82, 2.24) is 5.43 Å². The van der Waals surface area contributed by atoms with E-state index in [2.05, 4.69) is 22.8 Å². The summed E-state index contributed by atoms with van der Waals surface area (Å²) >= 11 is 12.0. The number of anilines is 1. The molecule has 0 aliphatic heterocycles. The molecule has 3 aromatic rings. The van der Waals surface area contributed by atoms with E-state index in [-0.39, 0.29) is 18.3 Å². The Morgan fingerprint density at radius 3 is 2.62 bits per heavy atom. The van der Waals surface area contributed by atoms with Crippen LogP contribution in [0.4, 0.5) is 5.69 Å². The Morgan fingerprint density at radius 2 is 1.89 bits per heavy atom. The molecule has 1 aliphatic carbocycles. The van der Waals surface area contributed by atoms with Crippen LogP contribution in [0.3, 0.4) is 0 Å². The van der Waals surface area contributed by atoms with Gasteiger partial charge < -0.3 is 14.5 Å². The van der Waals surface area contributed by atoms with E-state index in [9.17, 15) is 9.59 Å². The van der Waals surface area contributed by atoms with E-state index in [0.717, 1.165) is 31.2 Å². The van der Waals surface area contributed by atoms with Crippen LogP contribution < -0.4 is 15.5 Å². The number of furan rings is 1. The molecule has 0 atom stereocenters. The second-order valence-corrected chi connectivity index (χ2v) is 9.76. The Labute approximate surface area is 226 Å². The van der Waals surface area contributed by atoms with Crippen LogP contribution in [0.1, 0.15) is 65.6 Å². The third-order valence-corrected chi connectivity index (χ3v) is 6.66. The Morgan fingerprint density at radius 1 is 1.11 bits per heavy atom. The van der Waals surface area contributed by atoms with Crippen LogP contribution in [0.5, 0.6) is 5.75 Å². The summed E-state index contributed by atoms with van der Waals surface area (Å²) in [4.78, 5) is 25.3. The van der Waals surface area contributed by atoms with Crippen LogP contribution in [0, 0.1) is 6.92 Å². The molecule has 0 bridgehead atoms. The van der Waals surface area contributed by atoms with Crippen molar-refractivity contribution >= 4 is 46.4 Å². The first kappa shape index (κ1) is 26.8. The van der Waals surface area contributed by atoms with Gasteiger partial charge in [-0.2, -0.15) is 5.10 Å². The van der Waals surface area contributed by atoms with Gasteiger partial charge in [0.2, 0.25) is 0 Å². The Bertz CT molecular complexity index is 1320. The highest BCUT2D eigenvalue weighted by atomic mass is 35.5. The highest BCUT2D eigenvalue weighted by Gasteiger charge is 2.28. The van der Waals surface area contributed by atoms with Crippen LogP contribution in [0.25, 0.3) is 0 Å². The molecule has 0 saturated heterocycles. The number of nitrogens with zero attached hydrogens (tertiary/aromatic N) is 1. The molecule has 1 aliphatic rings. The maximum absolute atomic E-state index is 13.0. The van der Waals surface area contributed by atoms with Gasteiger partial charge in [-0.25, -0.2) is 5.43 Å². The van der Waals surface area contributed by atoms with Gasteiger partial charge in [0.05, 0.1) is 10.7 Å². The minimum absolute atomic E-state index is 0.252. The molecule has 1 heterocycles. The van der Waals surface area contributed by atoms with E-state index in [4.69, 9.17) is 32.4 Å². The van der Waals surface area contributed by atoms with E-state index >= 15 is 0 Å². The number of carbonyl (C=O) groups is 2. The van der Waals surface area contributed by atoms with Crippen molar-refractivity contribution in [3.63, 3.8) is 0 Å². The molecule has 194 valence electrons. The van der Waals surface area contributed by atoms with Gasteiger partial charge >= 0.3 is 0 Å². The molecule has 2 N–H and O–H groups in total. The number of carbonyl (C=O) groups excluding carboxylic acids is 2. The zero-order valence-electron chi connectivity index (χ0n) is 20.8. The molecule has 0 saturated carbocycles. The second kappa shape index (κ2) is 12.3. The standard InChI is InChI=1S/C28H29Cl2N3O4/c1-3-4-6-18-9-12-20(13-10-18)31-28(35)27-17(2)26-22(7-5-8-24(26)37-27)32-33-25(34)16-36-23-14-11-19(29)15-21(23)30/h9-15H,3-8,16H2,1-2H3,(H,31,35)(H,33,34)/b32-22+. The average molecular weight is 542 g/mol. The number of benzene rings is 2. The summed E-state index contributed by atoms with van der Waals surface area (Å²) in [7, 11) is 0. The number of ether oxygens (including phenoxy) is 1. The number of hydrogen-bond donors (Lipinski definition) is 2. The fourth-order valence-corrected chi connectivity index (χ4v) is 4.68. The molecule has 2 aromatic carbocycles. The lowest BCUT2D eigenvalue weighted by atomic mass is 9.93. The van der Waals surface area contributed by atoms with Crippen molar-refractivity contribution in [2.45, 2.75) is 52.4 Å². The number of fused-ring (bicyclic) bond motifs is 1. The van der Waals surface area contributed by atoms with Gasteiger partial charge in [0, 0.05) is 28.3 Å². The van der Waals surface area contributed by atoms with Crippen molar-refractivity contribution < 1.29 is 18.7 Å². The van der Waals surface area contributed by atoms with Gasteiger partial charge in [-0.15, -0.1) is 0 Å². The molecular weight excluding hydrogens is 513 g/mol. The Kier molecular flexibility index (Phi) is 8.90. The molecule has 1 aromatic heterocycles. The Hall–Kier alpha value is -3.29. The normalized spacial score (nSPS) is 13.8. The maximum Gasteiger partial charge on any atom is 0.291 e. The number of hydrogen-bond acceptors (Lipinski definition) is 5. The first-order valence-corrected chi connectivity index (χ1v) is 13.1. The topological polar surface area (TPSA) is 92.9 Å². The monoisotopic (exact) mass is 541 g/mol.